The van der Waals surface area contributed by atoms with Crippen LogP contribution in [0, 0.1) is 11.3 Å². The van der Waals surface area contributed by atoms with Crippen molar-refractivity contribution in [2.45, 2.75) is 6.92 Å². The minimum atomic E-state index is -0.719. The summed E-state index contributed by atoms with van der Waals surface area (Å²) in [5.74, 6) is -0.409. The first kappa shape index (κ1) is 20.1. The molecule has 1 N–H and O–H groups in total. The van der Waals surface area contributed by atoms with E-state index in [2.05, 4.69) is 5.32 Å². The summed E-state index contributed by atoms with van der Waals surface area (Å²) in [6.45, 7) is 1.39. The second kappa shape index (κ2) is 10.0. The number of esters is 1. The molecule has 0 heterocycles. The fourth-order valence-corrected chi connectivity index (χ4v) is 2.24. The number of rotatable bonds is 8. The highest BCUT2D eigenvalue weighted by molar-refractivity contribution is 6.31. The molecule has 0 bridgehead atoms. The molecule has 0 radical (unpaired) electrons. The molecule has 2 aromatic rings. The summed E-state index contributed by atoms with van der Waals surface area (Å²) >= 11 is 5.85. The zero-order valence-corrected chi connectivity index (χ0v) is 15.3. The number of nitrogens with one attached hydrogen (secondary N) is 1. The van der Waals surface area contributed by atoms with E-state index >= 15 is 0 Å². The van der Waals surface area contributed by atoms with E-state index in [4.69, 9.17) is 31.1 Å². The van der Waals surface area contributed by atoms with Crippen molar-refractivity contribution in [2.75, 3.05) is 25.1 Å². The van der Waals surface area contributed by atoms with E-state index in [1.807, 2.05) is 13.0 Å². The molecule has 0 aliphatic heterocycles. The SMILES string of the molecule is CCOc1ccccc1OCC(=O)OCC(=O)Nc1cc(Cl)ccc1C#N. The van der Waals surface area contributed by atoms with Gasteiger partial charge in [-0.3, -0.25) is 4.79 Å². The average molecular weight is 389 g/mol. The second-order valence-electron chi connectivity index (χ2n) is 5.18. The van der Waals surface area contributed by atoms with Gasteiger partial charge in [-0.25, -0.2) is 4.79 Å². The van der Waals surface area contributed by atoms with Gasteiger partial charge in [-0.2, -0.15) is 5.26 Å². The molecular weight excluding hydrogens is 372 g/mol. The van der Waals surface area contributed by atoms with Crippen LogP contribution in [-0.2, 0) is 14.3 Å². The number of carbonyl (C=O) groups excluding carboxylic acids is 2. The van der Waals surface area contributed by atoms with Gasteiger partial charge >= 0.3 is 5.97 Å². The number of hydrogen-bond donors (Lipinski definition) is 1. The summed E-state index contributed by atoms with van der Waals surface area (Å²) in [6.07, 6.45) is 0. The Labute approximate surface area is 161 Å². The van der Waals surface area contributed by atoms with Crippen LogP contribution in [-0.4, -0.2) is 31.7 Å². The summed E-state index contributed by atoms with van der Waals surface area (Å²) in [6, 6.07) is 13.3. The van der Waals surface area contributed by atoms with Gasteiger partial charge in [0, 0.05) is 5.02 Å². The number of para-hydroxylation sites is 2. The fourth-order valence-electron chi connectivity index (χ4n) is 2.07. The van der Waals surface area contributed by atoms with Crippen molar-refractivity contribution >= 4 is 29.2 Å². The maximum absolute atomic E-state index is 11.9. The molecule has 0 unspecified atom stereocenters. The van der Waals surface area contributed by atoms with Crippen LogP contribution in [0.4, 0.5) is 5.69 Å². The highest BCUT2D eigenvalue weighted by Gasteiger charge is 2.12. The molecule has 2 rings (SSSR count). The maximum atomic E-state index is 11.9. The first-order valence-corrected chi connectivity index (χ1v) is 8.41. The van der Waals surface area contributed by atoms with Crippen LogP contribution in [0.25, 0.3) is 0 Å². The van der Waals surface area contributed by atoms with E-state index in [0.717, 1.165) is 0 Å². The molecule has 2 aromatic carbocycles. The third-order valence-corrected chi connectivity index (χ3v) is 3.47. The molecule has 0 aliphatic carbocycles. The largest absolute Gasteiger partial charge is 0.490 e. The molecule has 0 atom stereocenters. The van der Waals surface area contributed by atoms with Gasteiger partial charge in [0.05, 0.1) is 17.9 Å². The van der Waals surface area contributed by atoms with Crippen molar-refractivity contribution in [3.05, 3.63) is 53.1 Å². The van der Waals surface area contributed by atoms with Crippen molar-refractivity contribution in [1.82, 2.24) is 0 Å². The predicted octanol–water partition coefficient (Wildman–Crippen LogP) is 3.17. The Bertz CT molecular complexity index is 863. The van der Waals surface area contributed by atoms with Crippen LogP contribution in [0.2, 0.25) is 5.02 Å². The van der Waals surface area contributed by atoms with Gasteiger partial charge in [0.25, 0.3) is 5.91 Å². The Balaban J connectivity index is 1.83. The molecule has 7 nitrogen and oxygen atoms in total. The lowest BCUT2D eigenvalue weighted by Gasteiger charge is -2.11. The third kappa shape index (κ3) is 6.20. The van der Waals surface area contributed by atoms with Crippen molar-refractivity contribution in [3.63, 3.8) is 0 Å². The fraction of sp³-hybridized carbons (Fsp3) is 0.211. The summed E-state index contributed by atoms with van der Waals surface area (Å²) in [5.41, 5.74) is 0.489. The van der Waals surface area contributed by atoms with E-state index in [1.165, 1.54) is 18.2 Å². The predicted molar refractivity (Wildman–Crippen MR) is 98.9 cm³/mol. The zero-order valence-electron chi connectivity index (χ0n) is 14.5. The van der Waals surface area contributed by atoms with Crippen LogP contribution >= 0.6 is 11.6 Å². The first-order valence-electron chi connectivity index (χ1n) is 8.03. The number of benzene rings is 2. The third-order valence-electron chi connectivity index (χ3n) is 3.23. The Morgan fingerprint density at radius 1 is 1.11 bits per heavy atom. The molecular formula is C19H17ClN2O5. The van der Waals surface area contributed by atoms with E-state index in [-0.39, 0.29) is 17.9 Å². The number of nitrogens with zero attached hydrogens (tertiary/aromatic N) is 1. The van der Waals surface area contributed by atoms with Crippen molar-refractivity contribution in [1.29, 1.82) is 5.26 Å². The highest BCUT2D eigenvalue weighted by atomic mass is 35.5. The summed E-state index contributed by atoms with van der Waals surface area (Å²) < 4.78 is 15.6. The Morgan fingerprint density at radius 2 is 1.81 bits per heavy atom. The highest BCUT2D eigenvalue weighted by Crippen LogP contribution is 2.26. The molecule has 1 amide bonds. The van der Waals surface area contributed by atoms with Crippen LogP contribution in [0.5, 0.6) is 11.5 Å². The molecule has 27 heavy (non-hydrogen) atoms. The zero-order chi connectivity index (χ0) is 19.6. The van der Waals surface area contributed by atoms with E-state index in [0.29, 0.717) is 23.1 Å². The smallest absolute Gasteiger partial charge is 0.344 e. The number of carbonyl (C=O) groups is 2. The molecule has 0 saturated carbocycles. The lowest BCUT2D eigenvalue weighted by atomic mass is 10.2. The number of ether oxygens (including phenoxy) is 3. The number of amides is 1. The minimum Gasteiger partial charge on any atom is -0.490 e. The average Bonchev–Trinajstić information content (AvgIpc) is 2.66. The van der Waals surface area contributed by atoms with E-state index < -0.39 is 18.5 Å². The summed E-state index contributed by atoms with van der Waals surface area (Å²) in [7, 11) is 0. The summed E-state index contributed by atoms with van der Waals surface area (Å²) in [5, 5.41) is 11.9. The Hall–Kier alpha value is -3.24. The molecule has 0 aromatic heterocycles. The first-order chi connectivity index (χ1) is 13.0. The van der Waals surface area contributed by atoms with Crippen LogP contribution < -0.4 is 14.8 Å². The number of anilines is 1. The van der Waals surface area contributed by atoms with Gasteiger partial charge in [0.1, 0.15) is 6.07 Å². The van der Waals surface area contributed by atoms with Gasteiger partial charge < -0.3 is 19.5 Å². The lowest BCUT2D eigenvalue weighted by molar-refractivity contribution is -0.149. The van der Waals surface area contributed by atoms with Crippen LogP contribution in [0.15, 0.2) is 42.5 Å². The molecule has 0 saturated heterocycles. The van der Waals surface area contributed by atoms with Crippen molar-refractivity contribution in [3.8, 4) is 17.6 Å². The normalized spacial score (nSPS) is 9.81. The summed E-state index contributed by atoms with van der Waals surface area (Å²) in [4.78, 5) is 23.7. The second-order valence-corrected chi connectivity index (χ2v) is 5.62. The Kier molecular flexibility index (Phi) is 7.47. The molecule has 0 aliphatic rings. The monoisotopic (exact) mass is 388 g/mol. The number of halogens is 1. The molecule has 8 heteroatoms. The van der Waals surface area contributed by atoms with Gasteiger partial charge in [-0.1, -0.05) is 23.7 Å². The van der Waals surface area contributed by atoms with Crippen molar-refractivity contribution < 1.29 is 23.8 Å². The lowest BCUT2D eigenvalue weighted by Crippen LogP contribution is -2.24. The van der Waals surface area contributed by atoms with E-state index in [9.17, 15) is 9.59 Å². The topological polar surface area (TPSA) is 97.7 Å². The minimum absolute atomic E-state index is 0.243. The Morgan fingerprint density at radius 3 is 2.48 bits per heavy atom. The van der Waals surface area contributed by atoms with Crippen molar-refractivity contribution in [2.24, 2.45) is 0 Å². The maximum Gasteiger partial charge on any atom is 0.344 e. The molecule has 0 fully saturated rings. The quantitative estimate of drug-likeness (QED) is 0.697. The van der Waals surface area contributed by atoms with Crippen LogP contribution in [0.3, 0.4) is 0 Å². The van der Waals surface area contributed by atoms with Gasteiger partial charge in [-0.05, 0) is 37.3 Å². The number of nitriles is 1. The van der Waals surface area contributed by atoms with E-state index in [1.54, 1.807) is 24.3 Å². The van der Waals surface area contributed by atoms with Gasteiger partial charge in [0.15, 0.2) is 24.7 Å². The van der Waals surface area contributed by atoms with Gasteiger partial charge in [-0.15, -0.1) is 0 Å². The van der Waals surface area contributed by atoms with Gasteiger partial charge in [0.2, 0.25) is 0 Å². The molecule has 0 spiro atoms. The van der Waals surface area contributed by atoms with Crippen LogP contribution in [0.1, 0.15) is 12.5 Å². The number of hydrogen-bond acceptors (Lipinski definition) is 6. The standard InChI is InChI=1S/C19H17ClN2O5/c1-2-25-16-5-3-4-6-17(16)26-12-19(24)27-11-18(23)22-15-9-14(20)8-7-13(15)10-21/h3-9H,2,11-12H2,1H3,(H,22,23). The molecule has 140 valence electrons.